The molecular formula is C33H38N2O4. The molecule has 1 fully saturated rings. The summed E-state index contributed by atoms with van der Waals surface area (Å²) in [4.78, 5) is 30.5. The molecule has 1 N–H and O–H groups in total. The molecule has 0 aliphatic carbocycles. The minimum absolute atomic E-state index is 0.130. The first-order valence-corrected chi connectivity index (χ1v) is 13.8. The van der Waals surface area contributed by atoms with E-state index in [-0.39, 0.29) is 11.3 Å². The number of hydrogen-bond acceptors (Lipinski definition) is 5. The molecule has 0 radical (unpaired) electrons. The van der Waals surface area contributed by atoms with Gasteiger partial charge in [-0.3, -0.25) is 9.59 Å². The summed E-state index contributed by atoms with van der Waals surface area (Å²) in [6.07, 6.45) is 1.63. The first kappa shape index (κ1) is 28.1. The number of benzene rings is 3. The maximum absolute atomic E-state index is 13.3. The second-order valence-corrected chi connectivity index (χ2v) is 9.77. The number of ketones is 1. The predicted molar refractivity (Wildman–Crippen MR) is 154 cm³/mol. The van der Waals surface area contributed by atoms with Gasteiger partial charge in [-0.15, -0.1) is 0 Å². The highest BCUT2D eigenvalue weighted by molar-refractivity contribution is 6.46. The summed E-state index contributed by atoms with van der Waals surface area (Å²) in [6, 6.07) is 24.2. The SMILES string of the molecule is CCc1ccc(C2C(=C(O)c3ccc(OCc4ccccc4)cc3)C(=O)C(=O)N2CCCN(CC)CC)cc1. The lowest BCUT2D eigenvalue weighted by Gasteiger charge is -2.27. The van der Waals surface area contributed by atoms with Crippen molar-refractivity contribution in [3.63, 3.8) is 0 Å². The third-order valence-corrected chi connectivity index (χ3v) is 7.39. The van der Waals surface area contributed by atoms with Gasteiger partial charge in [-0.1, -0.05) is 75.4 Å². The standard InChI is InChI=1S/C33H38N2O4/c1-4-24-13-15-26(16-14-24)30-29(32(37)33(38)35(30)22-10-21-34(5-2)6-3)31(36)27-17-19-28(20-18-27)39-23-25-11-8-7-9-12-25/h7-9,11-20,30,36H,4-6,10,21-23H2,1-3H3. The number of hydrogen-bond donors (Lipinski definition) is 1. The van der Waals surface area contributed by atoms with Crippen LogP contribution in [-0.4, -0.2) is 52.8 Å². The summed E-state index contributed by atoms with van der Waals surface area (Å²) in [7, 11) is 0. The summed E-state index contributed by atoms with van der Waals surface area (Å²) in [5.74, 6) is -0.731. The van der Waals surface area contributed by atoms with Crippen molar-refractivity contribution in [3.8, 4) is 5.75 Å². The van der Waals surface area contributed by atoms with E-state index in [0.29, 0.717) is 24.5 Å². The molecule has 3 aromatic rings. The van der Waals surface area contributed by atoms with Crippen LogP contribution in [0.4, 0.5) is 0 Å². The molecule has 3 aromatic carbocycles. The van der Waals surface area contributed by atoms with Gasteiger partial charge in [-0.2, -0.15) is 0 Å². The quantitative estimate of drug-likeness (QED) is 0.179. The van der Waals surface area contributed by atoms with Crippen molar-refractivity contribution in [2.75, 3.05) is 26.2 Å². The third kappa shape index (κ3) is 6.58. The number of amides is 1. The average molecular weight is 527 g/mol. The fraction of sp³-hybridized carbons (Fsp3) is 0.333. The van der Waals surface area contributed by atoms with E-state index >= 15 is 0 Å². The Bertz CT molecular complexity index is 1280. The first-order valence-electron chi connectivity index (χ1n) is 13.8. The molecule has 1 unspecified atom stereocenters. The van der Waals surface area contributed by atoms with E-state index in [1.54, 1.807) is 29.2 Å². The molecule has 0 saturated carbocycles. The normalized spacial score (nSPS) is 16.7. The van der Waals surface area contributed by atoms with Crippen LogP contribution in [0, 0.1) is 0 Å². The lowest BCUT2D eigenvalue weighted by molar-refractivity contribution is -0.140. The largest absolute Gasteiger partial charge is 0.507 e. The number of rotatable bonds is 12. The molecule has 1 aliphatic heterocycles. The zero-order valence-corrected chi connectivity index (χ0v) is 23.1. The van der Waals surface area contributed by atoms with E-state index < -0.39 is 17.7 Å². The highest BCUT2D eigenvalue weighted by Gasteiger charge is 2.45. The zero-order chi connectivity index (χ0) is 27.8. The predicted octanol–water partition coefficient (Wildman–Crippen LogP) is 5.98. The van der Waals surface area contributed by atoms with Gasteiger partial charge in [0.25, 0.3) is 11.7 Å². The van der Waals surface area contributed by atoms with Crippen LogP contribution in [0.25, 0.3) is 5.76 Å². The van der Waals surface area contributed by atoms with Crippen LogP contribution in [0.3, 0.4) is 0 Å². The fourth-order valence-corrected chi connectivity index (χ4v) is 5.00. The van der Waals surface area contributed by atoms with Crippen LogP contribution in [0.15, 0.2) is 84.4 Å². The summed E-state index contributed by atoms with van der Waals surface area (Å²) in [5, 5.41) is 11.4. The smallest absolute Gasteiger partial charge is 0.295 e. The van der Waals surface area contributed by atoms with Crippen LogP contribution >= 0.6 is 0 Å². The minimum atomic E-state index is -0.649. The van der Waals surface area contributed by atoms with E-state index in [9.17, 15) is 14.7 Å². The molecule has 6 heteroatoms. The minimum Gasteiger partial charge on any atom is -0.507 e. The van der Waals surface area contributed by atoms with Gasteiger partial charge in [-0.05, 0) is 73.4 Å². The lowest BCUT2D eigenvalue weighted by atomic mass is 9.94. The van der Waals surface area contributed by atoms with Gasteiger partial charge in [0.15, 0.2) is 0 Å². The Morgan fingerprint density at radius 2 is 1.54 bits per heavy atom. The number of aliphatic hydroxyl groups excluding tert-OH is 1. The number of Topliss-reactive ketones (excluding diaryl/α,β-unsaturated/α-hetero) is 1. The third-order valence-electron chi connectivity index (χ3n) is 7.39. The second-order valence-electron chi connectivity index (χ2n) is 9.77. The summed E-state index contributed by atoms with van der Waals surface area (Å²) < 4.78 is 5.87. The maximum Gasteiger partial charge on any atom is 0.295 e. The second kappa shape index (κ2) is 13.3. The molecular weight excluding hydrogens is 488 g/mol. The Morgan fingerprint density at radius 1 is 0.872 bits per heavy atom. The Kier molecular flexibility index (Phi) is 9.55. The first-order chi connectivity index (χ1) is 19.0. The Morgan fingerprint density at radius 3 is 2.15 bits per heavy atom. The van der Waals surface area contributed by atoms with Crippen molar-refractivity contribution in [2.45, 2.75) is 46.3 Å². The molecule has 6 nitrogen and oxygen atoms in total. The summed E-state index contributed by atoms with van der Waals surface area (Å²) >= 11 is 0. The average Bonchev–Trinajstić information content (AvgIpc) is 3.23. The van der Waals surface area contributed by atoms with Crippen LogP contribution in [0.2, 0.25) is 0 Å². The van der Waals surface area contributed by atoms with Crippen molar-refractivity contribution in [1.82, 2.24) is 9.80 Å². The Hall–Kier alpha value is -3.90. The molecule has 1 saturated heterocycles. The topological polar surface area (TPSA) is 70.1 Å². The number of aliphatic hydroxyl groups is 1. The van der Waals surface area contributed by atoms with Gasteiger partial charge in [0.05, 0.1) is 11.6 Å². The summed E-state index contributed by atoms with van der Waals surface area (Å²) in [5.41, 5.74) is 3.64. The number of ether oxygens (including phenoxy) is 1. The van der Waals surface area contributed by atoms with Crippen molar-refractivity contribution in [1.29, 1.82) is 0 Å². The highest BCUT2D eigenvalue weighted by Crippen LogP contribution is 2.39. The number of aryl methyl sites for hydroxylation is 1. The summed E-state index contributed by atoms with van der Waals surface area (Å²) in [6.45, 7) is 9.88. The van der Waals surface area contributed by atoms with Crippen molar-refractivity contribution < 1.29 is 19.4 Å². The van der Waals surface area contributed by atoms with Crippen LogP contribution in [0.5, 0.6) is 5.75 Å². The van der Waals surface area contributed by atoms with E-state index in [1.165, 1.54) is 5.56 Å². The van der Waals surface area contributed by atoms with Crippen molar-refractivity contribution >= 4 is 17.4 Å². The lowest BCUT2D eigenvalue weighted by Crippen LogP contribution is -2.33. The Balaban J connectivity index is 1.62. The molecule has 0 aromatic heterocycles. The van der Waals surface area contributed by atoms with E-state index in [4.69, 9.17) is 4.74 Å². The Labute approximate surface area is 231 Å². The van der Waals surface area contributed by atoms with E-state index in [0.717, 1.165) is 43.6 Å². The van der Waals surface area contributed by atoms with Gasteiger partial charge in [0.2, 0.25) is 0 Å². The molecule has 1 amide bonds. The van der Waals surface area contributed by atoms with Crippen molar-refractivity contribution in [2.24, 2.45) is 0 Å². The molecule has 204 valence electrons. The van der Waals surface area contributed by atoms with Crippen LogP contribution in [0.1, 0.15) is 55.5 Å². The van der Waals surface area contributed by atoms with Gasteiger partial charge in [0, 0.05) is 12.1 Å². The van der Waals surface area contributed by atoms with Gasteiger partial charge >= 0.3 is 0 Å². The molecule has 0 spiro atoms. The highest BCUT2D eigenvalue weighted by atomic mass is 16.5. The monoisotopic (exact) mass is 526 g/mol. The number of carbonyl (C=O) groups excluding carboxylic acids is 2. The number of carbonyl (C=O) groups is 2. The fourth-order valence-electron chi connectivity index (χ4n) is 5.00. The zero-order valence-electron chi connectivity index (χ0n) is 23.1. The molecule has 1 aliphatic rings. The molecule has 1 atom stereocenters. The number of nitrogens with zero attached hydrogens (tertiary/aromatic N) is 2. The van der Waals surface area contributed by atoms with Crippen molar-refractivity contribution in [3.05, 3.63) is 107 Å². The van der Waals surface area contributed by atoms with Crippen LogP contribution in [-0.2, 0) is 22.6 Å². The van der Waals surface area contributed by atoms with Crippen LogP contribution < -0.4 is 4.74 Å². The maximum atomic E-state index is 13.3. The molecule has 1 heterocycles. The van der Waals surface area contributed by atoms with E-state index in [2.05, 4.69) is 25.7 Å². The molecule has 0 bridgehead atoms. The van der Waals surface area contributed by atoms with Gasteiger partial charge in [-0.25, -0.2) is 0 Å². The number of likely N-dealkylation sites (tertiary alicyclic amines) is 1. The molecule has 4 rings (SSSR count). The van der Waals surface area contributed by atoms with Gasteiger partial charge < -0.3 is 19.6 Å². The van der Waals surface area contributed by atoms with E-state index in [1.807, 2.05) is 54.6 Å². The van der Waals surface area contributed by atoms with Gasteiger partial charge in [0.1, 0.15) is 18.1 Å². The molecule has 39 heavy (non-hydrogen) atoms.